The van der Waals surface area contributed by atoms with E-state index in [0.29, 0.717) is 6.42 Å². The van der Waals surface area contributed by atoms with Crippen molar-refractivity contribution < 1.29 is 18.4 Å². The largest absolute Gasteiger partial charge is 0.396 e. The van der Waals surface area contributed by atoms with Gasteiger partial charge in [0.1, 0.15) is 6.04 Å². The number of benzene rings is 1. The highest BCUT2D eigenvalue weighted by Crippen LogP contribution is 2.22. The predicted octanol–water partition coefficient (Wildman–Crippen LogP) is 0.764. The van der Waals surface area contributed by atoms with Crippen LogP contribution in [-0.2, 0) is 9.59 Å². The van der Waals surface area contributed by atoms with Crippen molar-refractivity contribution in [1.29, 1.82) is 0 Å². The Hall–Kier alpha value is -2.18. The Morgan fingerprint density at radius 1 is 1.33 bits per heavy atom. The Kier molecular flexibility index (Phi) is 3.14. The van der Waals surface area contributed by atoms with E-state index in [-0.39, 0.29) is 23.7 Å². The lowest BCUT2D eigenvalue weighted by atomic mass is 10.1. The normalized spacial score (nSPS) is 19.6. The molecular weight excluding hydrogens is 244 g/mol. The molecule has 2 amide bonds. The molecule has 4 N–H and O–H groups in total. The van der Waals surface area contributed by atoms with Crippen molar-refractivity contribution in [2.24, 2.45) is 0 Å². The van der Waals surface area contributed by atoms with E-state index in [1.807, 2.05) is 0 Å². The molecule has 0 aliphatic carbocycles. The highest BCUT2D eigenvalue weighted by Gasteiger charge is 2.26. The molecule has 1 fully saturated rings. The molecular formula is C11H11F2N3O2. The van der Waals surface area contributed by atoms with E-state index in [1.54, 1.807) is 0 Å². The number of anilines is 2. The van der Waals surface area contributed by atoms with Crippen molar-refractivity contribution in [3.63, 3.8) is 0 Å². The van der Waals surface area contributed by atoms with Gasteiger partial charge in [0.05, 0.1) is 5.69 Å². The molecule has 0 spiro atoms. The van der Waals surface area contributed by atoms with Gasteiger partial charge >= 0.3 is 0 Å². The van der Waals surface area contributed by atoms with Crippen LogP contribution in [0.2, 0.25) is 0 Å². The monoisotopic (exact) mass is 255 g/mol. The van der Waals surface area contributed by atoms with Gasteiger partial charge in [0.15, 0.2) is 11.6 Å². The number of carbonyl (C=O) groups is 2. The van der Waals surface area contributed by atoms with Crippen molar-refractivity contribution >= 4 is 23.2 Å². The number of hydrogen-bond donors (Lipinski definition) is 3. The summed E-state index contributed by atoms with van der Waals surface area (Å²) < 4.78 is 26.1. The summed E-state index contributed by atoms with van der Waals surface area (Å²) >= 11 is 0. The summed E-state index contributed by atoms with van der Waals surface area (Å²) in [6.07, 6.45) is 0.492. The zero-order chi connectivity index (χ0) is 13.3. The number of piperidine rings is 1. The zero-order valence-electron chi connectivity index (χ0n) is 9.30. The number of imide groups is 1. The summed E-state index contributed by atoms with van der Waals surface area (Å²) in [5.74, 6) is -3.05. The Labute approximate surface area is 101 Å². The number of rotatable bonds is 2. The van der Waals surface area contributed by atoms with Crippen molar-refractivity contribution in [3.05, 3.63) is 23.8 Å². The molecule has 0 bridgehead atoms. The molecule has 7 heteroatoms. The van der Waals surface area contributed by atoms with Gasteiger partial charge in [-0.05, 0) is 12.5 Å². The van der Waals surface area contributed by atoms with E-state index in [4.69, 9.17) is 5.73 Å². The van der Waals surface area contributed by atoms with Crippen molar-refractivity contribution in [3.8, 4) is 0 Å². The zero-order valence-corrected chi connectivity index (χ0v) is 9.30. The first-order valence-corrected chi connectivity index (χ1v) is 5.32. The van der Waals surface area contributed by atoms with Gasteiger partial charge in [-0.25, -0.2) is 8.78 Å². The molecule has 5 nitrogen and oxygen atoms in total. The van der Waals surface area contributed by atoms with Gasteiger partial charge in [0.2, 0.25) is 11.8 Å². The van der Waals surface area contributed by atoms with Crippen molar-refractivity contribution in [2.45, 2.75) is 18.9 Å². The van der Waals surface area contributed by atoms with E-state index >= 15 is 0 Å². The fourth-order valence-corrected chi connectivity index (χ4v) is 1.73. The third kappa shape index (κ3) is 2.39. The average Bonchev–Trinajstić information content (AvgIpc) is 2.29. The van der Waals surface area contributed by atoms with Crippen LogP contribution in [0.4, 0.5) is 20.2 Å². The lowest BCUT2D eigenvalue weighted by Gasteiger charge is -2.23. The first kappa shape index (κ1) is 12.3. The maximum Gasteiger partial charge on any atom is 0.249 e. The van der Waals surface area contributed by atoms with Gasteiger partial charge in [0.25, 0.3) is 0 Å². The topological polar surface area (TPSA) is 84.2 Å². The van der Waals surface area contributed by atoms with E-state index in [9.17, 15) is 18.4 Å². The second-order valence-corrected chi connectivity index (χ2v) is 4.01. The van der Waals surface area contributed by atoms with Crippen LogP contribution >= 0.6 is 0 Å². The summed E-state index contributed by atoms with van der Waals surface area (Å²) in [6.45, 7) is 0. The number of nitrogen functional groups attached to an aromatic ring is 1. The molecule has 18 heavy (non-hydrogen) atoms. The van der Waals surface area contributed by atoms with E-state index in [1.165, 1.54) is 6.07 Å². The minimum absolute atomic E-state index is 0.195. The number of hydrogen-bond acceptors (Lipinski definition) is 4. The van der Waals surface area contributed by atoms with Crippen LogP contribution in [-0.4, -0.2) is 17.9 Å². The fraction of sp³-hybridized carbons (Fsp3) is 0.273. The summed E-state index contributed by atoms with van der Waals surface area (Å²) in [6, 6.07) is 1.45. The van der Waals surface area contributed by atoms with Crippen molar-refractivity contribution in [1.82, 2.24) is 5.32 Å². The third-order valence-electron chi connectivity index (χ3n) is 2.64. The van der Waals surface area contributed by atoms with Gasteiger partial charge in [-0.2, -0.15) is 0 Å². The molecule has 1 saturated heterocycles. The van der Waals surface area contributed by atoms with Crippen molar-refractivity contribution in [2.75, 3.05) is 11.1 Å². The quantitative estimate of drug-likeness (QED) is 0.538. The maximum absolute atomic E-state index is 13.1. The second kappa shape index (κ2) is 4.59. The Bertz CT molecular complexity index is 496. The van der Waals surface area contributed by atoms with Gasteiger partial charge < -0.3 is 11.1 Å². The molecule has 1 aromatic carbocycles. The summed E-state index contributed by atoms with van der Waals surface area (Å²) in [4.78, 5) is 22.4. The summed E-state index contributed by atoms with van der Waals surface area (Å²) in [7, 11) is 0. The molecule has 1 aliphatic rings. The Morgan fingerprint density at radius 2 is 2.06 bits per heavy atom. The molecule has 1 unspecified atom stereocenters. The van der Waals surface area contributed by atoms with Gasteiger partial charge in [-0.15, -0.1) is 0 Å². The van der Waals surface area contributed by atoms with Crippen LogP contribution < -0.4 is 16.4 Å². The lowest BCUT2D eigenvalue weighted by Crippen LogP contribution is -2.47. The Balaban J connectivity index is 2.14. The molecule has 0 radical (unpaired) electrons. The highest BCUT2D eigenvalue weighted by atomic mass is 19.2. The number of carbonyl (C=O) groups excluding carboxylic acids is 2. The molecule has 96 valence electrons. The van der Waals surface area contributed by atoms with Crippen LogP contribution in [0.15, 0.2) is 12.1 Å². The predicted molar refractivity (Wildman–Crippen MR) is 60.6 cm³/mol. The van der Waals surface area contributed by atoms with Gasteiger partial charge in [-0.1, -0.05) is 0 Å². The maximum atomic E-state index is 13.1. The standard InChI is InChI=1S/C11H11F2N3O2/c12-6-3-5(4-7(14)10(6)13)15-8-1-2-9(17)16-11(8)18/h3-4,8,15H,1-2,14H2,(H,16,17,18). The van der Waals surface area contributed by atoms with Gasteiger partial charge in [0, 0.05) is 18.2 Å². The molecule has 1 atom stereocenters. The number of nitrogens with two attached hydrogens (primary N) is 1. The minimum atomic E-state index is -1.12. The van der Waals surface area contributed by atoms with E-state index in [0.717, 1.165) is 6.07 Å². The SMILES string of the molecule is Nc1cc(NC2CCC(=O)NC2=O)cc(F)c1F. The Morgan fingerprint density at radius 3 is 2.67 bits per heavy atom. The number of halogens is 2. The number of amides is 2. The smallest absolute Gasteiger partial charge is 0.249 e. The van der Waals surface area contributed by atoms with Crippen LogP contribution in [0.25, 0.3) is 0 Å². The molecule has 1 aromatic rings. The molecule has 0 saturated carbocycles. The molecule has 1 aliphatic heterocycles. The first-order chi connectivity index (χ1) is 8.47. The second-order valence-electron chi connectivity index (χ2n) is 4.01. The van der Waals surface area contributed by atoms with E-state index in [2.05, 4.69) is 10.6 Å². The lowest BCUT2D eigenvalue weighted by molar-refractivity contribution is -0.133. The minimum Gasteiger partial charge on any atom is -0.396 e. The van der Waals surface area contributed by atoms with Crippen LogP contribution in [0.1, 0.15) is 12.8 Å². The van der Waals surface area contributed by atoms with Crippen LogP contribution in [0.3, 0.4) is 0 Å². The summed E-state index contributed by atoms with van der Waals surface area (Å²) in [5.41, 5.74) is 5.13. The third-order valence-corrected chi connectivity index (χ3v) is 2.64. The number of nitrogens with one attached hydrogen (secondary N) is 2. The fourth-order valence-electron chi connectivity index (χ4n) is 1.73. The van der Waals surface area contributed by atoms with Crippen LogP contribution in [0, 0.1) is 11.6 Å². The first-order valence-electron chi connectivity index (χ1n) is 5.32. The summed E-state index contributed by atoms with van der Waals surface area (Å²) in [5, 5.41) is 4.86. The molecule has 2 rings (SSSR count). The van der Waals surface area contributed by atoms with Gasteiger partial charge in [-0.3, -0.25) is 14.9 Å². The van der Waals surface area contributed by atoms with Crippen LogP contribution in [0.5, 0.6) is 0 Å². The average molecular weight is 255 g/mol. The highest BCUT2D eigenvalue weighted by molar-refractivity contribution is 6.01. The van der Waals surface area contributed by atoms with E-state index < -0.39 is 23.6 Å². The molecule has 1 heterocycles. The molecule has 0 aromatic heterocycles.